The van der Waals surface area contributed by atoms with Crippen molar-refractivity contribution in [3.8, 4) is 11.5 Å². The summed E-state index contributed by atoms with van der Waals surface area (Å²) in [5, 5.41) is 18.5. The van der Waals surface area contributed by atoms with E-state index in [-0.39, 0.29) is 28.4 Å². The lowest BCUT2D eigenvalue weighted by molar-refractivity contribution is -0.112. The highest BCUT2D eigenvalue weighted by Crippen LogP contribution is 2.30. The molecule has 128 valence electrons. The number of phenolic OH excluding ortho intramolecular Hbond substituents is 2. The highest BCUT2D eigenvalue weighted by Gasteiger charge is 2.21. The summed E-state index contributed by atoms with van der Waals surface area (Å²) in [6.07, 6.45) is 4.65. The van der Waals surface area contributed by atoms with Gasteiger partial charge in [-0.2, -0.15) is 0 Å². The van der Waals surface area contributed by atoms with E-state index in [9.17, 15) is 23.8 Å². The smallest absolute Gasteiger partial charge is 0.185 e. The molecular formula is C20H16F2O3. The van der Waals surface area contributed by atoms with Crippen LogP contribution in [0.3, 0.4) is 0 Å². The predicted molar refractivity (Wildman–Crippen MR) is 90.9 cm³/mol. The molecule has 3 rings (SSSR count). The van der Waals surface area contributed by atoms with Crippen molar-refractivity contribution >= 4 is 17.9 Å². The minimum atomic E-state index is -0.610. The number of phenols is 2. The number of carbonyl (C=O) groups is 1. The topological polar surface area (TPSA) is 57.5 Å². The second-order valence-corrected chi connectivity index (χ2v) is 5.93. The van der Waals surface area contributed by atoms with Gasteiger partial charge in [0, 0.05) is 34.4 Å². The number of allylic oxidation sites excluding steroid dienone is 2. The standard InChI is InChI=1S/C20H16F2O3/c21-18-10-16(23)6-4-12(18)8-14-2-1-3-15(20(14)25)9-13-5-7-17(24)11-19(13)22/h4-11,23-24H,1-3H2/b14-8+,15-9+. The lowest BCUT2D eigenvalue weighted by Gasteiger charge is -2.17. The van der Waals surface area contributed by atoms with Gasteiger partial charge >= 0.3 is 0 Å². The van der Waals surface area contributed by atoms with Gasteiger partial charge in [-0.15, -0.1) is 0 Å². The van der Waals surface area contributed by atoms with Crippen LogP contribution in [-0.2, 0) is 4.79 Å². The molecule has 25 heavy (non-hydrogen) atoms. The number of Topliss-reactive ketones (excluding diaryl/α,β-unsaturated/α-hetero) is 1. The van der Waals surface area contributed by atoms with Crippen LogP contribution in [0, 0.1) is 11.6 Å². The number of aromatic hydroxyl groups is 2. The zero-order chi connectivity index (χ0) is 18.0. The number of hydrogen-bond donors (Lipinski definition) is 2. The number of hydrogen-bond acceptors (Lipinski definition) is 3. The molecule has 1 fully saturated rings. The molecule has 2 N–H and O–H groups in total. The molecule has 0 spiro atoms. The van der Waals surface area contributed by atoms with Crippen LogP contribution in [0.1, 0.15) is 30.4 Å². The first-order valence-electron chi connectivity index (χ1n) is 7.87. The molecule has 2 aromatic carbocycles. The van der Waals surface area contributed by atoms with Crippen molar-refractivity contribution in [2.24, 2.45) is 0 Å². The molecule has 0 atom stereocenters. The maximum absolute atomic E-state index is 13.9. The quantitative estimate of drug-likeness (QED) is 0.785. The van der Waals surface area contributed by atoms with Gasteiger partial charge in [-0.3, -0.25) is 4.79 Å². The van der Waals surface area contributed by atoms with Crippen molar-refractivity contribution in [1.29, 1.82) is 0 Å². The van der Waals surface area contributed by atoms with Crippen LogP contribution in [-0.4, -0.2) is 16.0 Å². The molecule has 0 aromatic heterocycles. The number of benzene rings is 2. The third-order valence-corrected chi connectivity index (χ3v) is 4.10. The largest absolute Gasteiger partial charge is 0.508 e. The fourth-order valence-corrected chi connectivity index (χ4v) is 2.82. The Labute approximate surface area is 143 Å². The zero-order valence-electron chi connectivity index (χ0n) is 13.3. The van der Waals surface area contributed by atoms with Crippen LogP contribution in [0.5, 0.6) is 11.5 Å². The van der Waals surface area contributed by atoms with E-state index in [2.05, 4.69) is 0 Å². The van der Waals surface area contributed by atoms with Gasteiger partial charge in [0.05, 0.1) is 0 Å². The molecule has 1 aliphatic rings. The van der Waals surface area contributed by atoms with Gasteiger partial charge in [-0.1, -0.05) is 0 Å². The molecule has 0 radical (unpaired) electrons. The van der Waals surface area contributed by atoms with E-state index in [0.29, 0.717) is 30.4 Å². The maximum Gasteiger partial charge on any atom is 0.185 e. The molecule has 1 aliphatic carbocycles. The molecule has 0 saturated heterocycles. The van der Waals surface area contributed by atoms with Gasteiger partial charge in [0.25, 0.3) is 0 Å². The highest BCUT2D eigenvalue weighted by molar-refractivity contribution is 6.14. The Kier molecular flexibility index (Phi) is 4.65. The summed E-state index contributed by atoms with van der Waals surface area (Å²) in [5.74, 6) is -1.83. The first-order chi connectivity index (χ1) is 11.9. The normalized spacial score (nSPS) is 18.1. The Morgan fingerprint density at radius 2 is 1.24 bits per heavy atom. The Morgan fingerprint density at radius 1 is 0.800 bits per heavy atom. The van der Waals surface area contributed by atoms with Crippen molar-refractivity contribution in [3.05, 3.63) is 70.3 Å². The monoisotopic (exact) mass is 342 g/mol. The Balaban J connectivity index is 1.93. The number of rotatable bonds is 2. The van der Waals surface area contributed by atoms with E-state index in [1.807, 2.05) is 0 Å². The number of ketones is 1. The third-order valence-electron chi connectivity index (χ3n) is 4.10. The molecule has 5 heteroatoms. The van der Waals surface area contributed by atoms with Crippen LogP contribution in [0.4, 0.5) is 8.78 Å². The summed E-state index contributed by atoms with van der Waals surface area (Å²) in [4.78, 5) is 12.6. The fourth-order valence-electron chi connectivity index (χ4n) is 2.82. The van der Waals surface area contributed by atoms with Crippen molar-refractivity contribution in [1.82, 2.24) is 0 Å². The van der Waals surface area contributed by atoms with Crippen molar-refractivity contribution in [2.45, 2.75) is 19.3 Å². The van der Waals surface area contributed by atoms with Gasteiger partial charge < -0.3 is 10.2 Å². The minimum Gasteiger partial charge on any atom is -0.508 e. The van der Waals surface area contributed by atoms with E-state index in [0.717, 1.165) is 12.1 Å². The van der Waals surface area contributed by atoms with Gasteiger partial charge in [0.1, 0.15) is 23.1 Å². The van der Waals surface area contributed by atoms with Gasteiger partial charge in [-0.25, -0.2) is 8.78 Å². The first-order valence-corrected chi connectivity index (χ1v) is 7.87. The van der Waals surface area contributed by atoms with Crippen LogP contribution in [0.15, 0.2) is 47.5 Å². The summed E-state index contributed by atoms with van der Waals surface area (Å²) < 4.78 is 27.7. The lowest BCUT2D eigenvalue weighted by atomic mass is 9.86. The summed E-state index contributed by atoms with van der Waals surface area (Å²) in [5.41, 5.74) is 1.33. The lowest BCUT2D eigenvalue weighted by Crippen LogP contribution is -2.12. The van der Waals surface area contributed by atoms with E-state index in [4.69, 9.17) is 0 Å². The molecule has 0 aliphatic heterocycles. The van der Waals surface area contributed by atoms with Crippen molar-refractivity contribution in [2.75, 3.05) is 0 Å². The average molecular weight is 342 g/mol. The van der Waals surface area contributed by atoms with E-state index in [1.54, 1.807) is 0 Å². The summed E-state index contributed by atoms with van der Waals surface area (Å²) >= 11 is 0. The Hall–Kier alpha value is -2.95. The molecule has 0 bridgehead atoms. The van der Waals surface area contributed by atoms with Gasteiger partial charge in [-0.05, 0) is 55.7 Å². The molecule has 3 nitrogen and oxygen atoms in total. The van der Waals surface area contributed by atoms with Crippen LogP contribution >= 0.6 is 0 Å². The molecular weight excluding hydrogens is 326 g/mol. The average Bonchev–Trinajstić information content (AvgIpc) is 2.56. The first kappa shape index (κ1) is 16.9. The van der Waals surface area contributed by atoms with Gasteiger partial charge in [0.15, 0.2) is 5.78 Å². The second kappa shape index (κ2) is 6.89. The number of carbonyl (C=O) groups excluding carboxylic acids is 1. The molecule has 0 unspecified atom stereocenters. The summed E-state index contributed by atoms with van der Waals surface area (Å²) in [6, 6.07) is 7.49. The van der Waals surface area contributed by atoms with E-state index >= 15 is 0 Å². The minimum absolute atomic E-state index is 0.182. The van der Waals surface area contributed by atoms with E-state index < -0.39 is 11.6 Å². The van der Waals surface area contributed by atoms with Crippen LogP contribution in [0.2, 0.25) is 0 Å². The van der Waals surface area contributed by atoms with Gasteiger partial charge in [0.2, 0.25) is 0 Å². The van der Waals surface area contributed by atoms with Crippen LogP contribution in [0.25, 0.3) is 12.2 Å². The van der Waals surface area contributed by atoms with Crippen molar-refractivity contribution in [3.63, 3.8) is 0 Å². The fraction of sp³-hybridized carbons (Fsp3) is 0.150. The Morgan fingerprint density at radius 3 is 1.64 bits per heavy atom. The zero-order valence-corrected chi connectivity index (χ0v) is 13.3. The van der Waals surface area contributed by atoms with Crippen LogP contribution < -0.4 is 0 Å². The molecule has 2 aromatic rings. The summed E-state index contributed by atoms with van der Waals surface area (Å²) in [7, 11) is 0. The molecule has 0 heterocycles. The second-order valence-electron chi connectivity index (χ2n) is 5.93. The maximum atomic E-state index is 13.9. The highest BCUT2D eigenvalue weighted by atomic mass is 19.1. The summed E-state index contributed by atoms with van der Waals surface area (Å²) in [6.45, 7) is 0. The number of halogens is 2. The Bertz CT molecular complexity index is 826. The SMILES string of the molecule is O=C1/C(=C/c2ccc(O)cc2F)CCC/C1=C\c1ccc(O)cc1F. The van der Waals surface area contributed by atoms with E-state index in [1.165, 1.54) is 36.4 Å². The molecule has 1 saturated carbocycles. The van der Waals surface area contributed by atoms with Crippen molar-refractivity contribution < 1.29 is 23.8 Å². The third kappa shape index (κ3) is 3.76. The molecule has 0 amide bonds. The predicted octanol–water partition coefficient (Wildman–Crippen LogP) is 4.60.